The van der Waals surface area contributed by atoms with Crippen LogP contribution in [0.4, 0.5) is 13.6 Å². The van der Waals surface area contributed by atoms with E-state index in [1.165, 1.54) is 0 Å². The lowest BCUT2D eigenvalue weighted by Gasteiger charge is -2.32. The normalized spacial score (nSPS) is 13.3. The van der Waals surface area contributed by atoms with Crippen molar-refractivity contribution in [3.63, 3.8) is 0 Å². The summed E-state index contributed by atoms with van der Waals surface area (Å²) >= 11 is 5.71. The molecule has 0 spiro atoms. The van der Waals surface area contributed by atoms with Crippen molar-refractivity contribution in [2.75, 3.05) is 5.88 Å². The molecule has 1 amide bonds. The van der Waals surface area contributed by atoms with Crippen LogP contribution in [0.25, 0.3) is 0 Å². The summed E-state index contributed by atoms with van der Waals surface area (Å²) in [4.78, 5) is 12.7. The summed E-state index contributed by atoms with van der Waals surface area (Å²) in [5, 5.41) is 19.8. The van der Waals surface area contributed by atoms with Crippen LogP contribution in [0.3, 0.4) is 0 Å². The number of carbonyl (C=O) groups is 1. The van der Waals surface area contributed by atoms with Gasteiger partial charge in [0, 0.05) is 12.6 Å². The van der Waals surface area contributed by atoms with Gasteiger partial charge in [-0.1, -0.05) is 30.3 Å². The van der Waals surface area contributed by atoms with E-state index in [0.717, 1.165) is 28.7 Å². The summed E-state index contributed by atoms with van der Waals surface area (Å²) in [5.74, 6) is -1.74. The smallest absolute Gasteiger partial charge is 0.407 e. The number of nitrogens with zero attached hydrogens (tertiary/aromatic N) is 1. The largest absolute Gasteiger partial charge is 0.465 e. The lowest BCUT2D eigenvalue weighted by molar-refractivity contribution is 0.0550. The Morgan fingerprint density at radius 3 is 2.20 bits per heavy atom. The van der Waals surface area contributed by atoms with Gasteiger partial charge in [-0.05, 0) is 29.7 Å². The van der Waals surface area contributed by atoms with E-state index < -0.39 is 29.9 Å². The van der Waals surface area contributed by atoms with Crippen LogP contribution in [-0.2, 0) is 13.0 Å². The number of hydrogen-bond donors (Lipinski definition) is 2. The third-order valence-corrected chi connectivity index (χ3v) is 4.13. The molecule has 2 N–H and O–H groups in total. The van der Waals surface area contributed by atoms with Crippen LogP contribution < -0.4 is 0 Å². The fraction of sp³-hybridized carbons (Fsp3) is 0.278. The highest BCUT2D eigenvalue weighted by molar-refractivity contribution is 6.18. The molecule has 0 aliphatic carbocycles. The maximum atomic E-state index is 13.4. The van der Waals surface area contributed by atoms with Gasteiger partial charge in [-0.3, -0.25) is 4.90 Å². The highest BCUT2D eigenvalue weighted by Gasteiger charge is 2.30. The molecule has 0 aliphatic heterocycles. The number of benzene rings is 2. The van der Waals surface area contributed by atoms with Crippen LogP contribution in [0, 0.1) is 11.6 Å². The van der Waals surface area contributed by atoms with E-state index in [1.807, 2.05) is 0 Å². The Kier molecular flexibility index (Phi) is 6.73. The molecule has 7 heteroatoms. The molecule has 0 saturated carbocycles. The number of amides is 1. The summed E-state index contributed by atoms with van der Waals surface area (Å²) in [6.07, 6.45) is -2.51. The highest BCUT2D eigenvalue weighted by atomic mass is 35.5. The Morgan fingerprint density at radius 2 is 1.68 bits per heavy atom. The molecule has 2 aromatic rings. The number of aliphatic hydroxyl groups excluding tert-OH is 1. The molecular weight excluding hydrogens is 352 g/mol. The summed E-state index contributed by atoms with van der Waals surface area (Å²) in [6.45, 7) is 0.0204. The van der Waals surface area contributed by atoms with Gasteiger partial charge in [-0.25, -0.2) is 13.6 Å². The van der Waals surface area contributed by atoms with Crippen molar-refractivity contribution in [3.05, 3.63) is 71.3 Å². The Labute approximate surface area is 149 Å². The van der Waals surface area contributed by atoms with Gasteiger partial charge in [-0.15, -0.1) is 11.6 Å². The number of hydrogen-bond acceptors (Lipinski definition) is 2. The monoisotopic (exact) mass is 369 g/mol. The molecule has 4 nitrogen and oxygen atoms in total. The summed E-state index contributed by atoms with van der Waals surface area (Å²) < 4.78 is 26.8. The van der Waals surface area contributed by atoms with E-state index in [-0.39, 0.29) is 24.4 Å². The van der Waals surface area contributed by atoms with Crippen molar-refractivity contribution in [2.45, 2.75) is 25.1 Å². The fourth-order valence-electron chi connectivity index (χ4n) is 2.63. The SMILES string of the molecule is O=C(O)N(Cc1ccccc1)[C@@H](Cc1cc(F)cc(F)c1)[C@@H](O)CCl. The maximum Gasteiger partial charge on any atom is 0.407 e. The van der Waals surface area contributed by atoms with Gasteiger partial charge in [0.25, 0.3) is 0 Å². The van der Waals surface area contributed by atoms with E-state index in [4.69, 9.17) is 11.6 Å². The van der Waals surface area contributed by atoms with Crippen molar-refractivity contribution in [1.29, 1.82) is 0 Å². The van der Waals surface area contributed by atoms with Gasteiger partial charge in [0.15, 0.2) is 0 Å². The van der Waals surface area contributed by atoms with Crippen LogP contribution in [0.15, 0.2) is 48.5 Å². The topological polar surface area (TPSA) is 60.8 Å². The van der Waals surface area contributed by atoms with Gasteiger partial charge >= 0.3 is 6.09 Å². The van der Waals surface area contributed by atoms with Crippen molar-refractivity contribution in [2.24, 2.45) is 0 Å². The van der Waals surface area contributed by atoms with E-state index in [9.17, 15) is 23.8 Å². The van der Waals surface area contributed by atoms with E-state index in [2.05, 4.69) is 0 Å². The number of rotatable bonds is 7. The zero-order valence-electron chi connectivity index (χ0n) is 13.3. The Balaban J connectivity index is 2.30. The van der Waals surface area contributed by atoms with Crippen LogP contribution in [-0.4, -0.2) is 39.2 Å². The number of aliphatic hydroxyl groups is 1. The first-order valence-electron chi connectivity index (χ1n) is 7.63. The molecule has 2 atom stereocenters. The quantitative estimate of drug-likeness (QED) is 0.732. The van der Waals surface area contributed by atoms with Gasteiger partial charge in [0.05, 0.1) is 18.0 Å². The summed E-state index contributed by atoms with van der Waals surface area (Å²) in [5.41, 5.74) is 0.966. The summed E-state index contributed by atoms with van der Waals surface area (Å²) in [7, 11) is 0. The molecule has 134 valence electrons. The minimum absolute atomic E-state index is 0.0204. The number of halogens is 3. The molecule has 2 aromatic carbocycles. The Hall–Kier alpha value is -2.18. The van der Waals surface area contributed by atoms with E-state index in [0.29, 0.717) is 0 Å². The van der Waals surface area contributed by atoms with Crippen LogP contribution in [0.2, 0.25) is 0 Å². The minimum Gasteiger partial charge on any atom is -0.465 e. The zero-order chi connectivity index (χ0) is 18.4. The molecule has 0 aromatic heterocycles. The maximum absolute atomic E-state index is 13.4. The van der Waals surface area contributed by atoms with Crippen molar-refractivity contribution >= 4 is 17.7 Å². The lowest BCUT2D eigenvalue weighted by Crippen LogP contribution is -2.48. The highest BCUT2D eigenvalue weighted by Crippen LogP contribution is 2.19. The molecule has 25 heavy (non-hydrogen) atoms. The second-order valence-electron chi connectivity index (χ2n) is 5.67. The second kappa shape index (κ2) is 8.78. The Morgan fingerprint density at radius 1 is 1.08 bits per heavy atom. The standard InChI is InChI=1S/C18H18ClF2NO3/c19-10-17(23)16(8-13-6-14(20)9-15(21)7-13)22(18(24)25)11-12-4-2-1-3-5-12/h1-7,9,16-17,23H,8,10-11H2,(H,24,25)/t16-,17-/m0/s1. The van der Waals surface area contributed by atoms with Crippen LogP contribution in [0.1, 0.15) is 11.1 Å². The molecule has 0 fully saturated rings. The first-order valence-corrected chi connectivity index (χ1v) is 8.16. The molecule has 0 aliphatic rings. The lowest BCUT2D eigenvalue weighted by atomic mass is 9.99. The zero-order valence-corrected chi connectivity index (χ0v) is 14.0. The molecule has 0 bridgehead atoms. The van der Waals surface area contributed by atoms with Gasteiger partial charge in [0.1, 0.15) is 11.6 Å². The third-order valence-electron chi connectivity index (χ3n) is 3.81. The third kappa shape index (κ3) is 5.41. The van der Waals surface area contributed by atoms with Gasteiger partial charge in [-0.2, -0.15) is 0 Å². The number of alkyl halides is 1. The van der Waals surface area contributed by atoms with Crippen molar-refractivity contribution in [1.82, 2.24) is 4.90 Å². The van der Waals surface area contributed by atoms with Gasteiger partial charge in [0.2, 0.25) is 0 Å². The molecule has 0 heterocycles. The van der Waals surface area contributed by atoms with E-state index in [1.54, 1.807) is 30.3 Å². The van der Waals surface area contributed by atoms with Crippen LogP contribution >= 0.6 is 11.6 Å². The van der Waals surface area contributed by atoms with Crippen molar-refractivity contribution < 1.29 is 23.8 Å². The first kappa shape index (κ1) is 19.1. The van der Waals surface area contributed by atoms with Gasteiger partial charge < -0.3 is 10.2 Å². The molecule has 0 saturated heterocycles. The van der Waals surface area contributed by atoms with Crippen molar-refractivity contribution in [3.8, 4) is 0 Å². The van der Waals surface area contributed by atoms with Crippen LogP contribution in [0.5, 0.6) is 0 Å². The molecule has 2 rings (SSSR count). The predicted octanol–water partition coefficient (Wildman–Crippen LogP) is 3.66. The average Bonchev–Trinajstić information content (AvgIpc) is 2.57. The predicted molar refractivity (Wildman–Crippen MR) is 90.6 cm³/mol. The Bertz CT molecular complexity index is 694. The fourth-order valence-corrected chi connectivity index (χ4v) is 2.84. The minimum atomic E-state index is -1.25. The molecule has 0 radical (unpaired) electrons. The second-order valence-corrected chi connectivity index (χ2v) is 5.98. The average molecular weight is 370 g/mol. The van der Waals surface area contributed by atoms with E-state index >= 15 is 0 Å². The first-order chi connectivity index (χ1) is 11.9. The summed E-state index contributed by atoms with van der Waals surface area (Å²) in [6, 6.07) is 10.8. The number of carboxylic acid groups (broad SMARTS) is 1. The molecule has 0 unspecified atom stereocenters. The molecular formula is C18H18ClF2NO3.